The van der Waals surface area contributed by atoms with Gasteiger partial charge < -0.3 is 4.74 Å². The number of hydrogen-bond donors (Lipinski definition) is 0. The molecule has 2 aromatic rings. The number of ether oxygens (including phenoxy) is 1. The number of benzene rings is 1. The highest BCUT2D eigenvalue weighted by atomic mass is 16.6. The summed E-state index contributed by atoms with van der Waals surface area (Å²) < 4.78 is 7.35. The van der Waals surface area contributed by atoms with E-state index in [1.807, 2.05) is 20.0 Å². The zero-order chi connectivity index (χ0) is 13.8. The molecule has 0 fully saturated rings. The van der Waals surface area contributed by atoms with Gasteiger partial charge in [0, 0.05) is 18.2 Å². The first-order chi connectivity index (χ1) is 9.06. The van der Waals surface area contributed by atoms with Gasteiger partial charge in [-0.15, -0.1) is 0 Å². The number of nitrogens with zero attached hydrogens (tertiary/aromatic N) is 3. The van der Waals surface area contributed by atoms with Crippen molar-refractivity contribution < 1.29 is 9.66 Å². The second-order valence-electron chi connectivity index (χ2n) is 4.47. The molecule has 0 aliphatic carbocycles. The average molecular weight is 261 g/mol. The summed E-state index contributed by atoms with van der Waals surface area (Å²) in [5, 5.41) is 14.8. The fourth-order valence-electron chi connectivity index (χ4n) is 1.60. The molecule has 0 unspecified atom stereocenters. The molecular formula is C13H15N3O3. The fourth-order valence-corrected chi connectivity index (χ4v) is 1.60. The van der Waals surface area contributed by atoms with Gasteiger partial charge in [0.15, 0.2) is 5.75 Å². The van der Waals surface area contributed by atoms with E-state index in [1.165, 1.54) is 12.1 Å². The molecule has 0 saturated heterocycles. The van der Waals surface area contributed by atoms with Crippen LogP contribution in [-0.4, -0.2) is 14.7 Å². The van der Waals surface area contributed by atoms with E-state index in [0.717, 1.165) is 5.56 Å². The fraction of sp³-hybridized carbons (Fsp3) is 0.308. The molecule has 19 heavy (non-hydrogen) atoms. The molecule has 1 aromatic heterocycles. The van der Waals surface area contributed by atoms with Crippen LogP contribution >= 0.6 is 0 Å². The Labute approximate surface area is 110 Å². The maximum absolute atomic E-state index is 10.7. The van der Waals surface area contributed by atoms with Gasteiger partial charge in [0.2, 0.25) is 0 Å². The second-order valence-corrected chi connectivity index (χ2v) is 4.47. The van der Waals surface area contributed by atoms with E-state index in [4.69, 9.17) is 4.74 Å². The normalized spacial score (nSPS) is 10.7. The summed E-state index contributed by atoms with van der Waals surface area (Å²) in [6, 6.07) is 6.68. The van der Waals surface area contributed by atoms with Crippen LogP contribution in [0.15, 0.2) is 36.7 Å². The van der Waals surface area contributed by atoms with E-state index < -0.39 is 4.92 Å². The van der Waals surface area contributed by atoms with E-state index in [0.29, 0.717) is 5.75 Å². The van der Waals surface area contributed by atoms with E-state index in [1.54, 1.807) is 23.0 Å². The predicted molar refractivity (Wildman–Crippen MR) is 70.0 cm³/mol. The smallest absolute Gasteiger partial charge is 0.269 e. The van der Waals surface area contributed by atoms with Crippen molar-refractivity contribution >= 4 is 5.69 Å². The molecule has 0 saturated carbocycles. The van der Waals surface area contributed by atoms with Gasteiger partial charge in [0.05, 0.1) is 17.3 Å². The number of non-ortho nitro benzene ring substituents is 1. The van der Waals surface area contributed by atoms with E-state index >= 15 is 0 Å². The van der Waals surface area contributed by atoms with E-state index in [-0.39, 0.29) is 18.3 Å². The lowest BCUT2D eigenvalue weighted by Gasteiger charge is -2.04. The average Bonchev–Trinajstić information content (AvgIpc) is 2.85. The molecule has 0 aliphatic rings. The van der Waals surface area contributed by atoms with Crippen molar-refractivity contribution in [3.05, 3.63) is 52.3 Å². The molecule has 100 valence electrons. The highest BCUT2D eigenvalue weighted by molar-refractivity contribution is 5.34. The van der Waals surface area contributed by atoms with Crippen LogP contribution in [0.5, 0.6) is 5.75 Å². The van der Waals surface area contributed by atoms with Gasteiger partial charge in [0.1, 0.15) is 6.61 Å². The standard InChI is InChI=1S/C13H15N3O3/c1-10(2)15-8-13(7-14-15)19-9-11-4-3-5-12(6-11)16(17)18/h3-8,10H,9H2,1-2H3. The molecular weight excluding hydrogens is 246 g/mol. The first-order valence-corrected chi connectivity index (χ1v) is 5.96. The van der Waals surface area contributed by atoms with Crippen molar-refractivity contribution in [2.24, 2.45) is 0 Å². The van der Waals surface area contributed by atoms with Gasteiger partial charge in [-0.2, -0.15) is 5.10 Å². The highest BCUT2D eigenvalue weighted by Crippen LogP contribution is 2.17. The SMILES string of the molecule is CC(C)n1cc(OCc2cccc([N+](=O)[O-])c2)cn1. The maximum atomic E-state index is 10.7. The lowest BCUT2D eigenvalue weighted by Crippen LogP contribution is -2.00. The van der Waals surface area contributed by atoms with Crippen LogP contribution in [0.25, 0.3) is 0 Å². The minimum atomic E-state index is -0.416. The largest absolute Gasteiger partial charge is 0.486 e. The van der Waals surface area contributed by atoms with Gasteiger partial charge in [-0.25, -0.2) is 0 Å². The Kier molecular flexibility index (Phi) is 3.79. The number of hydrogen-bond acceptors (Lipinski definition) is 4. The molecule has 0 bridgehead atoms. The van der Waals surface area contributed by atoms with Gasteiger partial charge in [-0.05, 0) is 19.4 Å². The number of nitro groups is 1. The number of nitro benzene ring substituents is 1. The predicted octanol–water partition coefficient (Wildman–Crippen LogP) is 2.95. The van der Waals surface area contributed by atoms with Crippen molar-refractivity contribution in [3.63, 3.8) is 0 Å². The van der Waals surface area contributed by atoms with Crippen molar-refractivity contribution in [3.8, 4) is 5.75 Å². The van der Waals surface area contributed by atoms with Crippen molar-refractivity contribution in [1.29, 1.82) is 0 Å². The van der Waals surface area contributed by atoms with Gasteiger partial charge >= 0.3 is 0 Å². The zero-order valence-electron chi connectivity index (χ0n) is 10.8. The monoisotopic (exact) mass is 261 g/mol. The third kappa shape index (κ3) is 3.31. The summed E-state index contributed by atoms with van der Waals surface area (Å²) in [5.41, 5.74) is 0.825. The van der Waals surface area contributed by atoms with Gasteiger partial charge in [-0.1, -0.05) is 12.1 Å². The van der Waals surface area contributed by atoms with Crippen molar-refractivity contribution in [2.45, 2.75) is 26.5 Å². The Morgan fingerprint density at radius 3 is 2.89 bits per heavy atom. The Morgan fingerprint density at radius 2 is 2.26 bits per heavy atom. The lowest BCUT2D eigenvalue weighted by molar-refractivity contribution is -0.384. The molecule has 0 N–H and O–H groups in total. The first kappa shape index (κ1) is 13.1. The molecule has 0 aliphatic heterocycles. The third-order valence-corrected chi connectivity index (χ3v) is 2.63. The third-order valence-electron chi connectivity index (χ3n) is 2.63. The van der Waals surface area contributed by atoms with Crippen LogP contribution in [0.2, 0.25) is 0 Å². The minimum absolute atomic E-state index is 0.0685. The molecule has 0 amide bonds. The minimum Gasteiger partial charge on any atom is -0.486 e. The topological polar surface area (TPSA) is 70.2 Å². The van der Waals surface area contributed by atoms with Gasteiger partial charge in [-0.3, -0.25) is 14.8 Å². The molecule has 0 spiro atoms. The quantitative estimate of drug-likeness (QED) is 0.612. The summed E-state index contributed by atoms with van der Waals surface area (Å²) in [6.45, 7) is 4.33. The Bertz CT molecular complexity index is 578. The first-order valence-electron chi connectivity index (χ1n) is 5.96. The molecule has 0 atom stereocenters. The molecule has 6 nitrogen and oxygen atoms in total. The van der Waals surface area contributed by atoms with Gasteiger partial charge in [0.25, 0.3) is 5.69 Å². The van der Waals surface area contributed by atoms with Crippen LogP contribution in [0, 0.1) is 10.1 Å². The summed E-state index contributed by atoms with van der Waals surface area (Å²) >= 11 is 0. The van der Waals surface area contributed by atoms with Crippen LogP contribution in [0.1, 0.15) is 25.5 Å². The zero-order valence-corrected chi connectivity index (χ0v) is 10.8. The molecule has 6 heteroatoms. The molecule has 1 heterocycles. The maximum Gasteiger partial charge on any atom is 0.269 e. The van der Waals surface area contributed by atoms with Crippen LogP contribution in [0.4, 0.5) is 5.69 Å². The second kappa shape index (κ2) is 5.51. The molecule has 1 aromatic carbocycles. The number of rotatable bonds is 5. The van der Waals surface area contributed by atoms with Crippen LogP contribution in [-0.2, 0) is 6.61 Å². The van der Waals surface area contributed by atoms with E-state index in [9.17, 15) is 10.1 Å². The highest BCUT2D eigenvalue weighted by Gasteiger charge is 2.07. The van der Waals surface area contributed by atoms with Crippen molar-refractivity contribution in [2.75, 3.05) is 0 Å². The summed E-state index contributed by atoms with van der Waals surface area (Å²) in [7, 11) is 0. The molecule has 2 rings (SSSR count). The van der Waals surface area contributed by atoms with E-state index in [2.05, 4.69) is 5.10 Å². The summed E-state index contributed by atoms with van der Waals surface area (Å²) in [5.74, 6) is 0.653. The number of aromatic nitrogens is 2. The van der Waals surface area contributed by atoms with Crippen LogP contribution in [0.3, 0.4) is 0 Å². The Morgan fingerprint density at radius 1 is 1.47 bits per heavy atom. The Balaban J connectivity index is 2.01. The van der Waals surface area contributed by atoms with Crippen molar-refractivity contribution in [1.82, 2.24) is 9.78 Å². The Hall–Kier alpha value is -2.37. The molecule has 0 radical (unpaired) electrons. The van der Waals surface area contributed by atoms with Crippen LogP contribution < -0.4 is 4.74 Å². The lowest BCUT2D eigenvalue weighted by atomic mass is 10.2. The summed E-state index contributed by atoms with van der Waals surface area (Å²) in [4.78, 5) is 10.2. The summed E-state index contributed by atoms with van der Waals surface area (Å²) in [6.07, 6.45) is 3.44.